The van der Waals surface area contributed by atoms with Crippen LogP contribution in [0.1, 0.15) is 37.8 Å². The monoisotopic (exact) mass is 354 g/mol. The van der Waals surface area contributed by atoms with Crippen LogP contribution in [0.3, 0.4) is 0 Å². The third-order valence-corrected chi connectivity index (χ3v) is 5.14. The van der Waals surface area contributed by atoms with Crippen molar-refractivity contribution in [3.8, 4) is 0 Å². The van der Waals surface area contributed by atoms with Crippen LogP contribution >= 0.6 is 0 Å². The molecule has 0 saturated heterocycles. The van der Waals surface area contributed by atoms with Crippen molar-refractivity contribution in [1.29, 1.82) is 0 Å². The molecule has 2 rings (SSSR count). The van der Waals surface area contributed by atoms with Gasteiger partial charge in [0.1, 0.15) is 0 Å². The molecule has 142 valence electrons. The fourth-order valence-corrected chi connectivity index (χ4v) is 3.54. The summed E-state index contributed by atoms with van der Waals surface area (Å²) in [6.07, 6.45) is 9.37. The minimum atomic E-state index is 0.237. The van der Waals surface area contributed by atoms with E-state index in [9.17, 15) is 0 Å². The SMILES string of the molecule is C=N/C(=C\C=C/C)[C@@H](C)N(CCCCN)C[C@H]1Cc2ccccc2CN1. The topological polar surface area (TPSA) is 53.6 Å². The predicted molar refractivity (Wildman–Crippen MR) is 113 cm³/mol. The lowest BCUT2D eigenvalue weighted by molar-refractivity contribution is 0.198. The van der Waals surface area contributed by atoms with Gasteiger partial charge in [0.25, 0.3) is 0 Å². The van der Waals surface area contributed by atoms with E-state index in [2.05, 4.69) is 59.2 Å². The van der Waals surface area contributed by atoms with Gasteiger partial charge in [0.15, 0.2) is 0 Å². The molecular formula is C22H34N4. The molecule has 1 heterocycles. The Balaban J connectivity index is 2.08. The van der Waals surface area contributed by atoms with Crippen LogP contribution in [0.2, 0.25) is 0 Å². The smallest absolute Gasteiger partial charge is 0.0565 e. The van der Waals surface area contributed by atoms with Crippen molar-refractivity contribution in [2.75, 3.05) is 19.6 Å². The number of allylic oxidation sites excluding steroid dienone is 3. The van der Waals surface area contributed by atoms with Crippen LogP contribution in [0.15, 0.2) is 53.2 Å². The Hall–Kier alpha value is -1.75. The molecule has 0 aromatic heterocycles. The number of nitrogens with zero attached hydrogens (tertiary/aromatic N) is 2. The number of hydrogen-bond acceptors (Lipinski definition) is 4. The first-order valence-corrected chi connectivity index (χ1v) is 9.73. The maximum Gasteiger partial charge on any atom is 0.0565 e. The summed E-state index contributed by atoms with van der Waals surface area (Å²) in [7, 11) is 0. The molecule has 4 nitrogen and oxygen atoms in total. The summed E-state index contributed by atoms with van der Waals surface area (Å²) >= 11 is 0. The second-order valence-corrected chi connectivity index (χ2v) is 6.99. The zero-order valence-electron chi connectivity index (χ0n) is 16.3. The average Bonchev–Trinajstić information content (AvgIpc) is 2.67. The Morgan fingerprint density at radius 2 is 2.15 bits per heavy atom. The van der Waals surface area contributed by atoms with E-state index in [1.807, 2.05) is 19.1 Å². The number of hydrogen-bond donors (Lipinski definition) is 2. The molecule has 0 fully saturated rings. The quantitative estimate of drug-likeness (QED) is 0.385. The van der Waals surface area contributed by atoms with Crippen molar-refractivity contribution in [3.63, 3.8) is 0 Å². The van der Waals surface area contributed by atoms with Crippen molar-refractivity contribution in [3.05, 3.63) is 59.3 Å². The number of aliphatic imine (C=N–C) groups is 1. The summed E-state index contributed by atoms with van der Waals surface area (Å²) in [6, 6.07) is 9.44. The van der Waals surface area contributed by atoms with E-state index in [4.69, 9.17) is 5.73 Å². The van der Waals surface area contributed by atoms with Gasteiger partial charge in [-0.05, 0) is 70.1 Å². The van der Waals surface area contributed by atoms with Gasteiger partial charge in [0.2, 0.25) is 0 Å². The zero-order chi connectivity index (χ0) is 18.8. The summed E-state index contributed by atoms with van der Waals surface area (Å²) in [5.74, 6) is 0. The lowest BCUT2D eigenvalue weighted by atomic mass is 9.95. The zero-order valence-corrected chi connectivity index (χ0v) is 16.3. The second kappa shape index (κ2) is 11.1. The summed E-state index contributed by atoms with van der Waals surface area (Å²) in [6.45, 7) is 11.8. The van der Waals surface area contributed by atoms with Crippen LogP contribution in [0, 0.1) is 0 Å². The predicted octanol–water partition coefficient (Wildman–Crippen LogP) is 3.29. The molecule has 1 aliphatic heterocycles. The van der Waals surface area contributed by atoms with Crippen LogP contribution in [0.4, 0.5) is 0 Å². The fraction of sp³-hybridized carbons (Fsp3) is 0.500. The Morgan fingerprint density at radius 1 is 1.38 bits per heavy atom. The molecular weight excluding hydrogens is 320 g/mol. The van der Waals surface area contributed by atoms with E-state index < -0.39 is 0 Å². The standard InChI is InChI=1S/C22H34N4/c1-4-5-12-22(24-3)18(2)26(14-9-8-13-23)17-21-15-19-10-6-7-11-20(19)16-25-21/h4-7,10-12,18,21,25H,3,8-9,13-17,23H2,1-2H3/b5-4-,22-12-/t18-,21-/m1/s1. The molecule has 0 saturated carbocycles. The van der Waals surface area contributed by atoms with Gasteiger partial charge in [-0.3, -0.25) is 9.89 Å². The highest BCUT2D eigenvalue weighted by molar-refractivity contribution is 5.32. The molecule has 1 aromatic rings. The first kappa shape index (κ1) is 20.6. The Kier molecular flexibility index (Phi) is 8.75. The van der Waals surface area contributed by atoms with Crippen LogP contribution < -0.4 is 11.1 Å². The van der Waals surface area contributed by atoms with Crippen molar-refractivity contribution >= 4 is 6.72 Å². The number of rotatable bonds is 10. The second-order valence-electron chi connectivity index (χ2n) is 6.99. The Bertz CT molecular complexity index is 620. The van der Waals surface area contributed by atoms with E-state index in [1.165, 1.54) is 11.1 Å². The molecule has 0 spiro atoms. The summed E-state index contributed by atoms with van der Waals surface area (Å²) in [5, 5.41) is 3.71. The molecule has 1 aromatic carbocycles. The lowest BCUT2D eigenvalue weighted by Crippen LogP contribution is -2.48. The van der Waals surface area contributed by atoms with Crippen molar-refractivity contribution in [1.82, 2.24) is 10.2 Å². The number of benzene rings is 1. The van der Waals surface area contributed by atoms with Gasteiger partial charge >= 0.3 is 0 Å². The highest BCUT2D eigenvalue weighted by Gasteiger charge is 2.24. The molecule has 26 heavy (non-hydrogen) atoms. The third-order valence-electron chi connectivity index (χ3n) is 5.14. The highest BCUT2D eigenvalue weighted by atomic mass is 15.2. The van der Waals surface area contributed by atoms with E-state index in [0.29, 0.717) is 6.04 Å². The van der Waals surface area contributed by atoms with Gasteiger partial charge in [-0.15, -0.1) is 0 Å². The molecule has 3 N–H and O–H groups in total. The first-order valence-electron chi connectivity index (χ1n) is 9.73. The number of nitrogens with two attached hydrogens (primary N) is 1. The third kappa shape index (κ3) is 5.90. The Morgan fingerprint density at radius 3 is 2.85 bits per heavy atom. The van der Waals surface area contributed by atoms with Gasteiger partial charge in [-0.25, -0.2) is 0 Å². The first-order chi connectivity index (χ1) is 12.7. The summed E-state index contributed by atoms with van der Waals surface area (Å²) in [4.78, 5) is 6.80. The molecule has 0 amide bonds. The highest BCUT2D eigenvalue weighted by Crippen LogP contribution is 2.19. The molecule has 2 atom stereocenters. The van der Waals surface area contributed by atoms with Crippen LogP contribution in [0.5, 0.6) is 0 Å². The minimum Gasteiger partial charge on any atom is -0.330 e. The maximum absolute atomic E-state index is 5.70. The average molecular weight is 355 g/mol. The van der Waals surface area contributed by atoms with Gasteiger partial charge < -0.3 is 11.1 Å². The van der Waals surface area contributed by atoms with Crippen molar-refractivity contribution in [2.24, 2.45) is 10.7 Å². The van der Waals surface area contributed by atoms with E-state index in [0.717, 1.165) is 51.1 Å². The van der Waals surface area contributed by atoms with Crippen LogP contribution in [0.25, 0.3) is 0 Å². The molecule has 0 radical (unpaired) electrons. The van der Waals surface area contributed by atoms with Gasteiger partial charge in [-0.2, -0.15) is 0 Å². The van der Waals surface area contributed by atoms with E-state index in [-0.39, 0.29) is 6.04 Å². The lowest BCUT2D eigenvalue weighted by Gasteiger charge is -2.35. The fourth-order valence-electron chi connectivity index (χ4n) is 3.54. The van der Waals surface area contributed by atoms with Crippen molar-refractivity contribution < 1.29 is 0 Å². The molecule has 0 aliphatic carbocycles. The maximum atomic E-state index is 5.70. The largest absolute Gasteiger partial charge is 0.330 e. The normalized spacial score (nSPS) is 18.9. The molecule has 0 unspecified atom stereocenters. The minimum absolute atomic E-state index is 0.237. The number of fused-ring (bicyclic) bond motifs is 1. The molecule has 4 heteroatoms. The Labute approximate surface area is 158 Å². The van der Waals surface area contributed by atoms with Crippen molar-refractivity contribution in [2.45, 2.75) is 51.7 Å². The number of nitrogens with one attached hydrogen (secondary N) is 1. The molecule has 0 bridgehead atoms. The summed E-state index contributed by atoms with van der Waals surface area (Å²) < 4.78 is 0. The van der Waals surface area contributed by atoms with Gasteiger partial charge in [0.05, 0.1) is 5.70 Å². The van der Waals surface area contributed by atoms with Crippen LogP contribution in [-0.2, 0) is 13.0 Å². The molecule has 1 aliphatic rings. The van der Waals surface area contributed by atoms with E-state index >= 15 is 0 Å². The number of unbranched alkanes of at least 4 members (excludes halogenated alkanes) is 1. The summed E-state index contributed by atoms with van der Waals surface area (Å²) in [5.41, 5.74) is 9.61. The van der Waals surface area contributed by atoms with Crippen LogP contribution in [-0.4, -0.2) is 43.3 Å². The van der Waals surface area contributed by atoms with Gasteiger partial charge in [0, 0.05) is 25.2 Å². The van der Waals surface area contributed by atoms with Gasteiger partial charge in [-0.1, -0.05) is 36.4 Å². The van der Waals surface area contributed by atoms with E-state index in [1.54, 1.807) is 0 Å².